The molecule has 736 valence electrons. The van der Waals surface area contributed by atoms with Crippen molar-refractivity contribution in [3.63, 3.8) is 0 Å². The van der Waals surface area contributed by atoms with Gasteiger partial charge in [-0.15, -0.1) is 113 Å². The Morgan fingerprint density at radius 1 is 0.151 bits per heavy atom. The zero-order valence-electron chi connectivity index (χ0n) is 84.5. The van der Waals surface area contributed by atoms with Crippen LogP contribution >= 0.6 is 113 Å². The third-order valence-corrected chi connectivity index (χ3v) is 42.2. The topological polar surface area (TPSA) is 19.7 Å². The van der Waals surface area contributed by atoms with Gasteiger partial charge in [0.25, 0.3) is 0 Å². The van der Waals surface area contributed by atoms with Crippen molar-refractivity contribution in [1.29, 1.82) is 0 Å². The third-order valence-electron chi connectivity index (χ3n) is 29.8. The molecule has 0 aliphatic carbocycles. The third kappa shape index (κ3) is 21.1. The van der Waals surface area contributed by atoms with E-state index in [4.69, 9.17) is 0 Å². The predicted octanol–water partition coefficient (Wildman–Crippen LogP) is 45.2. The van der Waals surface area contributed by atoms with Gasteiger partial charge in [0, 0.05) is 163 Å². The Hall–Kier alpha value is -11.1. The molecule has 0 N–H and O–H groups in total. The average Bonchev–Trinajstić information content (AvgIpc) is 1.89. The van der Waals surface area contributed by atoms with E-state index in [2.05, 4.69) is 361 Å². The largest absolute Gasteiger partial charge is 0.309 e. The van der Waals surface area contributed by atoms with Crippen LogP contribution in [0.1, 0.15) is 227 Å². The van der Waals surface area contributed by atoms with Gasteiger partial charge >= 0.3 is 0 Å². The van der Waals surface area contributed by atoms with Gasteiger partial charge < -0.3 is 18.3 Å². The molecule has 0 amide bonds. The van der Waals surface area contributed by atoms with Gasteiger partial charge in [0.15, 0.2) is 0 Å². The molecule has 14 heteroatoms. The Balaban J connectivity index is 0.000000163. The van der Waals surface area contributed by atoms with Crippen LogP contribution in [0.4, 0.5) is 0 Å². The summed E-state index contributed by atoms with van der Waals surface area (Å²) in [5, 5.41) is 10.2. The molecule has 0 saturated carbocycles. The molecule has 0 spiro atoms. The molecule has 14 heterocycles. The molecule has 0 bridgehead atoms. The van der Waals surface area contributed by atoms with Gasteiger partial charge in [-0.25, -0.2) is 0 Å². The van der Waals surface area contributed by atoms with Crippen LogP contribution in [0.25, 0.3) is 210 Å². The Labute approximate surface area is 900 Å². The van der Waals surface area contributed by atoms with Gasteiger partial charge in [-0.1, -0.05) is 279 Å². The Kier molecular flexibility index (Phi) is 30.9. The fraction of sp³-hybridized carbons (Fsp3) is 0.273. The van der Waals surface area contributed by atoms with Crippen molar-refractivity contribution in [3.8, 4) is 104 Å². The van der Waals surface area contributed by atoms with E-state index < -0.39 is 0 Å². The number of hydrogen-bond donors (Lipinski definition) is 0. The molecule has 0 saturated heterocycles. The first kappa shape index (κ1) is 98.3. The number of para-hydroxylation sites is 4. The average molecular weight is 2090 g/mol. The monoisotopic (exact) mass is 2090 g/mol. The first-order valence-corrected chi connectivity index (χ1v) is 62.4. The van der Waals surface area contributed by atoms with Crippen LogP contribution in [0, 0.1) is 0 Å². The Bertz CT molecular complexity index is 8010. The van der Waals surface area contributed by atoms with Gasteiger partial charge in [0.2, 0.25) is 0 Å². The highest BCUT2D eigenvalue weighted by molar-refractivity contribution is 7.31. The maximum atomic E-state index is 2.49. The first-order chi connectivity index (χ1) is 72.2. The van der Waals surface area contributed by atoms with E-state index in [-0.39, 0.29) is 0 Å². The molecule has 10 aromatic carbocycles. The van der Waals surface area contributed by atoms with Crippen molar-refractivity contribution in [2.24, 2.45) is 0 Å². The molecule has 14 aromatic heterocycles. The SMILES string of the molecule is CCCCCCCCCCc1cc2sc(-c3ccc4c(c3)c3cc5c(cc3n4-c3ccccc3)c3cc(-c4cc6sc(CCCCCCCCCC)cc6s4)ccc3n5-c3ccccc3)cc2s1.CCCCCCCCc1ccc(-c2ccc(-c3ccc(-c4ccc5c(c4)c4cc6c(cc4n5-c4ccccc4)c4cc(-c5ccc(-c7ccc(-c8ccc(CCCCCCCC)s8)s7)s5)ccc4n6-c4ccccc4)s3)s2)s1. The number of rotatable bonds is 44. The molecule has 0 atom stereocenters. The van der Waals surface area contributed by atoms with Crippen LogP contribution in [-0.2, 0) is 25.7 Å². The number of nitrogens with zero attached hydrogens (tertiary/aromatic N) is 4. The van der Waals surface area contributed by atoms with Crippen molar-refractivity contribution in [1.82, 2.24) is 18.3 Å². The molecule has 0 aliphatic rings. The fourth-order valence-electron chi connectivity index (χ4n) is 22.2. The lowest BCUT2D eigenvalue weighted by molar-refractivity contribution is 0.576. The number of fused-ring (bicyclic) bond motifs is 14. The highest BCUT2D eigenvalue weighted by atomic mass is 32.1. The van der Waals surface area contributed by atoms with Crippen LogP contribution < -0.4 is 0 Å². The molecular formula is C132H128N4S10. The van der Waals surface area contributed by atoms with Crippen LogP contribution in [0.5, 0.6) is 0 Å². The van der Waals surface area contributed by atoms with Gasteiger partial charge in [-0.05, 0) is 292 Å². The minimum Gasteiger partial charge on any atom is -0.309 e. The lowest BCUT2D eigenvalue weighted by atomic mass is 10.1. The zero-order valence-corrected chi connectivity index (χ0v) is 92.7. The highest BCUT2D eigenvalue weighted by Crippen LogP contribution is 2.52. The lowest BCUT2D eigenvalue weighted by Gasteiger charge is -2.09. The summed E-state index contributed by atoms with van der Waals surface area (Å²) in [5.74, 6) is 0. The molecule has 0 unspecified atom stereocenters. The Morgan fingerprint density at radius 3 is 0.644 bits per heavy atom. The summed E-state index contributed by atoms with van der Waals surface area (Å²) in [6.45, 7) is 9.19. The van der Waals surface area contributed by atoms with Crippen molar-refractivity contribution < 1.29 is 0 Å². The summed E-state index contributed by atoms with van der Waals surface area (Å²) in [6, 6.07) is 120. The van der Waals surface area contributed by atoms with Crippen LogP contribution in [-0.4, -0.2) is 18.3 Å². The van der Waals surface area contributed by atoms with E-state index in [1.54, 1.807) is 9.75 Å². The normalized spacial score (nSPS) is 12.0. The number of aryl methyl sites for hydroxylation is 4. The summed E-state index contributed by atoms with van der Waals surface area (Å²) in [7, 11) is 0. The van der Waals surface area contributed by atoms with E-state index in [9.17, 15) is 0 Å². The number of thiophene rings is 10. The van der Waals surface area contributed by atoms with Crippen LogP contribution in [0.15, 0.2) is 315 Å². The summed E-state index contributed by atoms with van der Waals surface area (Å²) in [5.41, 5.74) is 19.6. The van der Waals surface area contributed by atoms with Gasteiger partial charge in [-0.3, -0.25) is 0 Å². The van der Waals surface area contributed by atoms with Crippen molar-refractivity contribution in [2.45, 2.75) is 233 Å². The van der Waals surface area contributed by atoms with Crippen molar-refractivity contribution >= 4 is 219 Å². The summed E-state index contributed by atoms with van der Waals surface area (Å²) in [4.78, 5) is 22.3. The zero-order chi connectivity index (χ0) is 98.2. The van der Waals surface area contributed by atoms with Crippen molar-refractivity contribution in [2.75, 3.05) is 0 Å². The maximum absolute atomic E-state index is 2.49. The quantitative estimate of drug-likeness (QED) is 0.0339. The molecule has 0 fully saturated rings. The maximum Gasteiger partial charge on any atom is 0.0548 e. The van der Waals surface area contributed by atoms with Crippen molar-refractivity contribution in [3.05, 3.63) is 335 Å². The standard InChI is InChI=1S/C70H64N2S6.C62H64N2S4/c1-3-5-7-9-11-19-25-51-29-33-63(73-51)65-39-41-69(77-65)67-37-35-61(75-67)47-27-31-57-53(43-47)55-45-60-56(46-59(55)71(57)49-21-15-13-16-22-49)54-44-48(28-32-58(54)72(60)50-23-17-14-18-24-50)62-36-38-68(76-62)70-42-40-66(78-70)64-34-30-52(74-64)26-20-12-10-8-6-4-2;1-3-5-7-9-11-13-15-23-29-47-37-59-61(65-47)41-57(67-59)43-31-33-53-49(35-43)51-39-56-52(40-55(51)63(53)45-25-19-17-20-26-45)50-36-44(32-34-54(50)64(56)46-27-21-18-22-28-46)58-42-62-60(68-58)38-48(66-62)30-24-16-14-12-10-8-6-4-2/h13-18,21-24,27-46H,3-12,19-20,25-26H2,1-2H3;17-22,25-28,31-42H,3-16,23-24,29-30H2,1-2H3. The second-order valence-electron chi connectivity index (χ2n) is 40.2. The highest BCUT2D eigenvalue weighted by Gasteiger charge is 2.26. The molecule has 0 aliphatic heterocycles. The second-order valence-corrected chi connectivity index (χ2v) is 51.3. The summed E-state index contributed by atoms with van der Waals surface area (Å²) >= 11 is 19.6. The molecule has 4 nitrogen and oxygen atoms in total. The van der Waals surface area contributed by atoms with Crippen LogP contribution in [0.3, 0.4) is 0 Å². The number of aromatic nitrogens is 4. The minimum absolute atomic E-state index is 1.17. The van der Waals surface area contributed by atoms with Gasteiger partial charge in [0.05, 0.1) is 44.1 Å². The molecule has 0 radical (unpaired) electrons. The summed E-state index contributed by atoms with van der Waals surface area (Å²) in [6.07, 6.45) is 42.9. The molecular weight excluding hydrogens is 1960 g/mol. The number of unbranched alkanes of at least 4 members (excludes halogenated alkanes) is 24. The van der Waals surface area contributed by atoms with Gasteiger partial charge in [-0.2, -0.15) is 0 Å². The van der Waals surface area contributed by atoms with E-state index in [1.807, 2.05) is 113 Å². The molecule has 24 rings (SSSR count). The van der Waals surface area contributed by atoms with E-state index in [1.165, 1.54) is 425 Å². The lowest BCUT2D eigenvalue weighted by Crippen LogP contribution is -1.94. The smallest absolute Gasteiger partial charge is 0.0548 e. The van der Waals surface area contributed by atoms with Gasteiger partial charge in [0.1, 0.15) is 0 Å². The van der Waals surface area contributed by atoms with Crippen LogP contribution in [0.2, 0.25) is 0 Å². The molecule has 24 aromatic rings. The number of benzene rings is 10. The van der Waals surface area contributed by atoms with E-state index in [0.29, 0.717) is 0 Å². The predicted molar refractivity (Wildman–Crippen MR) is 654 cm³/mol. The minimum atomic E-state index is 1.17. The fourth-order valence-corrected chi connectivity index (χ4v) is 33.6. The summed E-state index contributed by atoms with van der Waals surface area (Å²) < 4.78 is 15.7. The number of hydrogen-bond acceptors (Lipinski definition) is 10. The molecule has 146 heavy (non-hydrogen) atoms. The second kappa shape index (κ2) is 45.9. The van der Waals surface area contributed by atoms with E-state index in [0.717, 1.165) is 0 Å². The Morgan fingerprint density at radius 2 is 0.370 bits per heavy atom. The first-order valence-electron chi connectivity index (χ1n) is 54.2. The van der Waals surface area contributed by atoms with E-state index >= 15 is 0 Å².